The average Bonchev–Trinajstić information content (AvgIpc) is 3.24. The van der Waals surface area contributed by atoms with E-state index in [4.69, 9.17) is 37.9 Å². The first-order chi connectivity index (χ1) is 24.9. The van der Waals surface area contributed by atoms with Gasteiger partial charge in [0.15, 0.2) is 24.6 Å². The van der Waals surface area contributed by atoms with E-state index in [0.29, 0.717) is 6.42 Å². The molecule has 53 heavy (non-hydrogen) atoms. The SMILES string of the molecule is C=C1C2CCC3C4(C)CC(OC5OC(COC(C)=O)C(OC(C)=O)C(OC(C)=O)C5OC(=O)CC(C)C)CC(C(=O)OC)C4CCC3(C2)C1OC(C)=O. The van der Waals surface area contributed by atoms with Gasteiger partial charge in [0.1, 0.15) is 18.8 Å². The molecule has 0 aromatic rings. The number of carbonyl (C=O) groups is 6. The predicted molar refractivity (Wildman–Crippen MR) is 184 cm³/mol. The molecule has 4 aliphatic carbocycles. The normalized spacial score (nSPS) is 38.8. The predicted octanol–water partition coefficient (Wildman–Crippen LogP) is 4.38. The first-order valence-corrected chi connectivity index (χ1v) is 18.8. The van der Waals surface area contributed by atoms with Crippen molar-refractivity contribution >= 4 is 35.8 Å². The molecule has 1 heterocycles. The van der Waals surface area contributed by atoms with E-state index in [1.54, 1.807) is 0 Å². The van der Waals surface area contributed by atoms with Crippen molar-refractivity contribution in [2.24, 2.45) is 40.4 Å². The molecule has 5 rings (SSSR count). The van der Waals surface area contributed by atoms with E-state index < -0.39 is 78.1 Å². The second kappa shape index (κ2) is 16.1. The monoisotopic (exact) mass is 748 g/mol. The highest BCUT2D eigenvalue weighted by Crippen LogP contribution is 2.71. The molecule has 1 spiro atoms. The number of carbonyl (C=O) groups excluding carboxylic acids is 6. The van der Waals surface area contributed by atoms with Gasteiger partial charge in [0.05, 0.1) is 19.1 Å². The van der Waals surface area contributed by atoms with Crippen LogP contribution in [0.25, 0.3) is 0 Å². The first-order valence-electron chi connectivity index (χ1n) is 18.8. The third kappa shape index (κ3) is 8.28. The van der Waals surface area contributed by atoms with Crippen LogP contribution in [-0.4, -0.2) is 92.4 Å². The lowest BCUT2D eigenvalue weighted by molar-refractivity contribution is -0.324. The molecule has 13 unspecified atom stereocenters. The molecule has 0 aromatic carbocycles. The third-order valence-electron chi connectivity index (χ3n) is 12.3. The fourth-order valence-corrected chi connectivity index (χ4v) is 10.6. The van der Waals surface area contributed by atoms with Crippen molar-refractivity contribution in [3.05, 3.63) is 12.2 Å². The van der Waals surface area contributed by atoms with Gasteiger partial charge in [-0.05, 0) is 79.6 Å². The van der Waals surface area contributed by atoms with Gasteiger partial charge in [-0.15, -0.1) is 0 Å². The summed E-state index contributed by atoms with van der Waals surface area (Å²) in [7, 11) is 1.37. The smallest absolute Gasteiger partial charge is 0.309 e. The van der Waals surface area contributed by atoms with Crippen molar-refractivity contribution in [3.63, 3.8) is 0 Å². The number of esters is 6. The number of hydrogen-bond acceptors (Lipinski definition) is 14. The molecule has 2 bridgehead atoms. The van der Waals surface area contributed by atoms with Crippen LogP contribution in [0.1, 0.15) is 99.8 Å². The van der Waals surface area contributed by atoms with Gasteiger partial charge in [-0.3, -0.25) is 28.8 Å². The van der Waals surface area contributed by atoms with Crippen LogP contribution in [-0.2, 0) is 66.7 Å². The van der Waals surface area contributed by atoms with Crippen molar-refractivity contribution in [1.29, 1.82) is 0 Å². The molecule has 0 N–H and O–H groups in total. The number of ether oxygens (including phenoxy) is 8. The van der Waals surface area contributed by atoms with Crippen molar-refractivity contribution in [1.82, 2.24) is 0 Å². The van der Waals surface area contributed by atoms with Crippen LogP contribution >= 0.6 is 0 Å². The quantitative estimate of drug-likeness (QED) is 0.126. The molecule has 0 radical (unpaired) electrons. The van der Waals surface area contributed by atoms with Crippen molar-refractivity contribution < 1.29 is 66.7 Å². The van der Waals surface area contributed by atoms with Crippen LogP contribution in [0, 0.1) is 40.4 Å². The molecule has 5 aliphatic rings. The topological polar surface area (TPSA) is 176 Å². The van der Waals surface area contributed by atoms with Gasteiger partial charge < -0.3 is 37.9 Å². The third-order valence-corrected chi connectivity index (χ3v) is 12.3. The zero-order valence-electron chi connectivity index (χ0n) is 32.2. The molecule has 1 saturated heterocycles. The van der Waals surface area contributed by atoms with Crippen LogP contribution < -0.4 is 0 Å². The number of hydrogen-bond donors (Lipinski definition) is 0. The summed E-state index contributed by atoms with van der Waals surface area (Å²) in [5.74, 6) is -3.82. The molecule has 13 atom stereocenters. The molecule has 14 heteroatoms. The summed E-state index contributed by atoms with van der Waals surface area (Å²) in [5.41, 5.74) is 0.124. The fraction of sp³-hybridized carbons (Fsp3) is 0.795. The Kier molecular flexibility index (Phi) is 12.3. The van der Waals surface area contributed by atoms with Gasteiger partial charge >= 0.3 is 35.8 Å². The molecule has 5 fully saturated rings. The van der Waals surface area contributed by atoms with Gasteiger partial charge in [-0.1, -0.05) is 27.4 Å². The van der Waals surface area contributed by atoms with Gasteiger partial charge in [-0.25, -0.2) is 0 Å². The van der Waals surface area contributed by atoms with Crippen molar-refractivity contribution in [2.45, 2.75) is 143 Å². The summed E-state index contributed by atoms with van der Waals surface area (Å²) in [6.07, 6.45) is -2.90. The maximum Gasteiger partial charge on any atom is 0.309 e. The van der Waals surface area contributed by atoms with Crippen molar-refractivity contribution in [2.75, 3.05) is 13.7 Å². The van der Waals surface area contributed by atoms with Gasteiger partial charge in [0.2, 0.25) is 0 Å². The van der Waals surface area contributed by atoms with E-state index in [1.807, 2.05) is 13.8 Å². The Balaban J connectivity index is 1.54. The molecule has 14 nitrogen and oxygen atoms in total. The molecule has 0 amide bonds. The van der Waals surface area contributed by atoms with Gasteiger partial charge in [-0.2, -0.15) is 0 Å². The van der Waals surface area contributed by atoms with Crippen LogP contribution in [0.3, 0.4) is 0 Å². The van der Waals surface area contributed by atoms with E-state index >= 15 is 0 Å². The summed E-state index contributed by atoms with van der Waals surface area (Å²) in [6.45, 7) is 14.8. The highest BCUT2D eigenvalue weighted by Gasteiger charge is 2.68. The second-order valence-corrected chi connectivity index (χ2v) is 16.4. The van der Waals surface area contributed by atoms with Crippen molar-refractivity contribution in [3.8, 4) is 0 Å². The molecule has 296 valence electrons. The summed E-state index contributed by atoms with van der Waals surface area (Å²) in [5, 5.41) is 0. The van der Waals surface area contributed by atoms with E-state index in [9.17, 15) is 28.8 Å². The molecule has 4 saturated carbocycles. The summed E-state index contributed by atoms with van der Waals surface area (Å²) in [6, 6.07) is 0. The van der Waals surface area contributed by atoms with Crippen LogP contribution in [0.15, 0.2) is 12.2 Å². The Bertz CT molecular complexity index is 1460. The zero-order chi connectivity index (χ0) is 39.0. The fourth-order valence-electron chi connectivity index (χ4n) is 10.6. The van der Waals surface area contributed by atoms with Gasteiger partial charge in [0.25, 0.3) is 0 Å². The molecular formula is C39H56O14. The highest BCUT2D eigenvalue weighted by atomic mass is 16.7. The van der Waals surface area contributed by atoms with Crippen LogP contribution in [0.2, 0.25) is 0 Å². The zero-order valence-corrected chi connectivity index (χ0v) is 32.2. The Labute approximate surface area is 311 Å². The molecule has 1 aliphatic heterocycles. The second-order valence-electron chi connectivity index (χ2n) is 16.4. The minimum Gasteiger partial charge on any atom is -0.469 e. The Morgan fingerprint density at radius 2 is 1.51 bits per heavy atom. The number of fused-ring (bicyclic) bond motifs is 3. The van der Waals surface area contributed by atoms with E-state index in [2.05, 4.69) is 13.5 Å². The summed E-state index contributed by atoms with van der Waals surface area (Å²) >= 11 is 0. The van der Waals surface area contributed by atoms with E-state index in [0.717, 1.165) is 44.6 Å². The molecular weight excluding hydrogens is 692 g/mol. The van der Waals surface area contributed by atoms with Gasteiger partial charge in [0, 0.05) is 39.5 Å². The Morgan fingerprint density at radius 1 is 0.849 bits per heavy atom. The minimum absolute atomic E-state index is 0.0261. The average molecular weight is 749 g/mol. The lowest BCUT2D eigenvalue weighted by Gasteiger charge is -2.62. The largest absolute Gasteiger partial charge is 0.469 e. The highest BCUT2D eigenvalue weighted by molar-refractivity contribution is 5.73. The maximum atomic E-state index is 13.6. The lowest BCUT2D eigenvalue weighted by atomic mass is 9.43. The first kappa shape index (κ1) is 40.7. The minimum atomic E-state index is -1.40. The van der Waals surface area contributed by atoms with Crippen LogP contribution in [0.5, 0.6) is 0 Å². The Morgan fingerprint density at radius 3 is 2.11 bits per heavy atom. The maximum absolute atomic E-state index is 13.6. The van der Waals surface area contributed by atoms with E-state index in [1.165, 1.54) is 27.9 Å². The number of rotatable bonds is 11. The standard InChI is InChI=1S/C39H56O14/c1-19(2)14-31(44)53-34-33(49-23(6)42)32(48-22(5)41)29(18-47-21(4)40)52-37(34)51-26-15-27(36(45)46-9)28-12-13-39-16-25(20(3)35(39)50-24(7)43)10-11-30(39)38(28,8)17-26/h19,25-30,32-35,37H,3,10-18H2,1-2,4-9H3. The number of methoxy groups -OCH3 is 1. The Hall–Kier alpha value is -3.52. The summed E-state index contributed by atoms with van der Waals surface area (Å²) in [4.78, 5) is 76.0. The lowest BCUT2D eigenvalue weighted by Crippen LogP contribution is -2.64. The van der Waals surface area contributed by atoms with E-state index in [-0.39, 0.29) is 60.5 Å². The van der Waals surface area contributed by atoms with Crippen LogP contribution in [0.4, 0.5) is 0 Å². The molecule has 0 aromatic heterocycles. The summed E-state index contributed by atoms with van der Waals surface area (Å²) < 4.78 is 47.1.